The van der Waals surface area contributed by atoms with E-state index < -0.39 is 0 Å². The van der Waals surface area contributed by atoms with Gasteiger partial charge in [0.2, 0.25) is 0 Å². The molecule has 0 unspecified atom stereocenters. The quantitative estimate of drug-likeness (QED) is 0.205. The summed E-state index contributed by atoms with van der Waals surface area (Å²) in [6.07, 6.45) is 2.90. The van der Waals surface area contributed by atoms with E-state index in [9.17, 15) is 4.79 Å². The number of nitrogens with one attached hydrogen (secondary N) is 2. The first kappa shape index (κ1) is 24.4. The van der Waals surface area contributed by atoms with Gasteiger partial charge in [0.1, 0.15) is 12.4 Å². The number of benzene rings is 3. The molecule has 1 amide bonds. The fraction of sp³-hybridized carbons (Fsp3) is 0.160. The number of amides is 1. The Labute approximate surface area is 224 Å². The second kappa shape index (κ2) is 11.2. The SMILES string of the molecule is CCc1ccc(N[C@H]2NC(=O)/C(=C/c3cc(Br)c(OCc4ccc(Cl)cc4)c(I)c3)S2)cc1. The standard InChI is InChI=1S/C25H21BrClIN2O2S/c1-2-15-5-9-19(10-6-15)29-25-30-24(31)22(33-25)13-17-11-20(26)23(21(28)12-17)32-14-16-3-7-18(27)8-4-16/h3-13,25,29H,2,14H2,1H3,(H,30,31)/b22-13-/t25-/m0/s1. The van der Waals surface area contributed by atoms with Crippen LogP contribution in [-0.2, 0) is 17.8 Å². The van der Waals surface area contributed by atoms with E-state index in [0.29, 0.717) is 16.5 Å². The molecule has 2 N–H and O–H groups in total. The summed E-state index contributed by atoms with van der Waals surface area (Å²) in [7, 11) is 0. The Morgan fingerprint density at radius 3 is 2.52 bits per heavy atom. The molecule has 1 saturated heterocycles. The van der Waals surface area contributed by atoms with E-state index >= 15 is 0 Å². The minimum atomic E-state index is -0.208. The Balaban J connectivity index is 1.43. The number of hydrogen-bond acceptors (Lipinski definition) is 4. The molecule has 4 rings (SSSR count). The highest BCUT2D eigenvalue weighted by Gasteiger charge is 2.27. The third-order valence-corrected chi connectivity index (χ3v) is 7.68. The molecule has 0 radical (unpaired) electrons. The molecule has 1 fully saturated rings. The first-order valence-electron chi connectivity index (χ1n) is 10.3. The normalized spacial score (nSPS) is 16.7. The average molecular weight is 656 g/mol. The van der Waals surface area contributed by atoms with E-state index in [0.717, 1.165) is 37.0 Å². The monoisotopic (exact) mass is 654 g/mol. The van der Waals surface area contributed by atoms with Crippen molar-refractivity contribution in [1.29, 1.82) is 0 Å². The lowest BCUT2D eigenvalue weighted by molar-refractivity contribution is -0.116. The minimum Gasteiger partial charge on any atom is -0.487 e. The Morgan fingerprint density at radius 2 is 1.85 bits per heavy atom. The Morgan fingerprint density at radius 1 is 1.15 bits per heavy atom. The first-order valence-corrected chi connectivity index (χ1v) is 13.4. The van der Waals surface area contributed by atoms with Gasteiger partial charge in [0.15, 0.2) is 5.50 Å². The zero-order chi connectivity index (χ0) is 23.4. The summed E-state index contributed by atoms with van der Waals surface area (Å²) in [6.45, 7) is 2.57. The van der Waals surface area contributed by atoms with Crippen LogP contribution in [0.15, 0.2) is 70.0 Å². The summed E-state index contributed by atoms with van der Waals surface area (Å²) in [5.41, 5.74) is 4.02. The lowest BCUT2D eigenvalue weighted by Gasteiger charge is -2.13. The third kappa shape index (κ3) is 6.47. The molecule has 1 atom stereocenters. The van der Waals surface area contributed by atoms with E-state index in [1.54, 1.807) is 0 Å². The lowest BCUT2D eigenvalue weighted by atomic mass is 10.1. The largest absolute Gasteiger partial charge is 0.487 e. The van der Waals surface area contributed by atoms with Gasteiger partial charge in [0, 0.05) is 10.7 Å². The molecule has 1 aliphatic rings. The second-order valence-corrected chi connectivity index (χ2v) is 11.0. The summed E-state index contributed by atoms with van der Waals surface area (Å²) in [6, 6.07) is 19.8. The van der Waals surface area contributed by atoms with Crippen molar-refractivity contribution in [2.45, 2.75) is 25.4 Å². The number of anilines is 1. The predicted molar refractivity (Wildman–Crippen MR) is 150 cm³/mol. The summed E-state index contributed by atoms with van der Waals surface area (Å²) in [5, 5.41) is 7.04. The molecule has 3 aromatic rings. The Bertz CT molecular complexity index is 1160. The van der Waals surface area contributed by atoms with Gasteiger partial charge in [0.25, 0.3) is 5.91 Å². The van der Waals surface area contributed by atoms with Crippen molar-refractivity contribution in [3.63, 3.8) is 0 Å². The highest BCUT2D eigenvalue weighted by atomic mass is 127. The molecule has 0 spiro atoms. The number of rotatable bonds is 7. The van der Waals surface area contributed by atoms with Crippen LogP contribution in [0.5, 0.6) is 5.75 Å². The van der Waals surface area contributed by atoms with Crippen LogP contribution < -0.4 is 15.4 Å². The van der Waals surface area contributed by atoms with Crippen LogP contribution in [0.3, 0.4) is 0 Å². The molecule has 0 saturated carbocycles. The van der Waals surface area contributed by atoms with Crippen LogP contribution in [0.4, 0.5) is 5.69 Å². The molecule has 8 heteroatoms. The fourth-order valence-corrected chi connectivity index (χ4v) is 6.12. The van der Waals surface area contributed by atoms with Crippen molar-refractivity contribution in [3.05, 3.63) is 95.3 Å². The van der Waals surface area contributed by atoms with Crippen LogP contribution >= 0.6 is 61.9 Å². The zero-order valence-corrected chi connectivity index (χ0v) is 23.0. The van der Waals surface area contributed by atoms with Gasteiger partial charge in [-0.2, -0.15) is 0 Å². The van der Waals surface area contributed by atoms with Gasteiger partial charge in [-0.1, -0.05) is 54.6 Å². The average Bonchev–Trinajstić information content (AvgIpc) is 3.13. The molecule has 0 bridgehead atoms. The van der Waals surface area contributed by atoms with Crippen molar-refractivity contribution < 1.29 is 9.53 Å². The molecule has 33 heavy (non-hydrogen) atoms. The van der Waals surface area contributed by atoms with Crippen LogP contribution in [-0.4, -0.2) is 11.4 Å². The third-order valence-electron chi connectivity index (χ3n) is 5.01. The van der Waals surface area contributed by atoms with E-state index in [1.807, 2.05) is 54.6 Å². The highest BCUT2D eigenvalue weighted by molar-refractivity contribution is 14.1. The van der Waals surface area contributed by atoms with Crippen molar-refractivity contribution in [2.75, 3.05) is 5.32 Å². The van der Waals surface area contributed by atoms with Gasteiger partial charge < -0.3 is 15.4 Å². The topological polar surface area (TPSA) is 50.4 Å². The van der Waals surface area contributed by atoms with Gasteiger partial charge >= 0.3 is 0 Å². The molecule has 1 heterocycles. The second-order valence-electron chi connectivity index (χ2n) is 7.40. The molecule has 1 aliphatic heterocycles. The van der Waals surface area contributed by atoms with Crippen LogP contribution in [0.1, 0.15) is 23.6 Å². The summed E-state index contributed by atoms with van der Waals surface area (Å²) in [5.74, 6) is 0.683. The van der Waals surface area contributed by atoms with E-state index in [-0.39, 0.29) is 11.4 Å². The Kier molecular flexibility index (Phi) is 8.27. The smallest absolute Gasteiger partial charge is 0.260 e. The van der Waals surface area contributed by atoms with Crippen LogP contribution in [0, 0.1) is 3.57 Å². The van der Waals surface area contributed by atoms with E-state index in [2.05, 4.69) is 68.2 Å². The van der Waals surface area contributed by atoms with Crippen molar-refractivity contribution in [3.8, 4) is 5.75 Å². The highest BCUT2D eigenvalue weighted by Crippen LogP contribution is 2.35. The Hall–Kier alpha value is -1.68. The summed E-state index contributed by atoms with van der Waals surface area (Å²) < 4.78 is 7.82. The minimum absolute atomic E-state index is 0.0862. The molecule has 170 valence electrons. The molecular formula is C25H21BrClIN2O2S. The molecule has 0 aliphatic carbocycles. The van der Waals surface area contributed by atoms with E-state index in [4.69, 9.17) is 16.3 Å². The van der Waals surface area contributed by atoms with Crippen molar-refractivity contribution >= 4 is 79.6 Å². The van der Waals surface area contributed by atoms with Crippen LogP contribution in [0.2, 0.25) is 5.02 Å². The summed E-state index contributed by atoms with van der Waals surface area (Å²) >= 11 is 13.3. The maximum atomic E-state index is 12.5. The molecule has 4 nitrogen and oxygen atoms in total. The van der Waals surface area contributed by atoms with Gasteiger partial charge in [-0.05, 0) is 104 Å². The van der Waals surface area contributed by atoms with E-state index in [1.165, 1.54) is 17.3 Å². The molecule has 0 aromatic heterocycles. The van der Waals surface area contributed by atoms with Gasteiger partial charge in [-0.15, -0.1) is 0 Å². The molecule has 3 aromatic carbocycles. The summed E-state index contributed by atoms with van der Waals surface area (Å²) in [4.78, 5) is 13.2. The first-order chi connectivity index (χ1) is 15.9. The number of thioether (sulfide) groups is 1. The van der Waals surface area contributed by atoms with Gasteiger partial charge in [-0.25, -0.2) is 0 Å². The fourth-order valence-electron chi connectivity index (χ4n) is 3.24. The number of carbonyl (C=O) groups excluding carboxylic acids is 1. The molecular weight excluding hydrogens is 635 g/mol. The number of ether oxygens (including phenoxy) is 1. The number of aryl methyl sites for hydroxylation is 1. The lowest BCUT2D eigenvalue weighted by Crippen LogP contribution is -2.30. The zero-order valence-electron chi connectivity index (χ0n) is 17.7. The van der Waals surface area contributed by atoms with Crippen LogP contribution in [0.25, 0.3) is 6.08 Å². The number of hydrogen-bond donors (Lipinski definition) is 2. The number of carbonyl (C=O) groups is 1. The van der Waals surface area contributed by atoms with Crippen molar-refractivity contribution in [1.82, 2.24) is 5.32 Å². The number of halogens is 3. The van der Waals surface area contributed by atoms with Crippen molar-refractivity contribution in [2.24, 2.45) is 0 Å². The maximum Gasteiger partial charge on any atom is 0.260 e. The van der Waals surface area contributed by atoms with Gasteiger partial charge in [0.05, 0.1) is 12.9 Å². The maximum absolute atomic E-state index is 12.5. The predicted octanol–water partition coefficient (Wildman–Crippen LogP) is 7.45. The van der Waals surface area contributed by atoms with Gasteiger partial charge in [-0.3, -0.25) is 4.79 Å².